The van der Waals surface area contributed by atoms with Crippen molar-refractivity contribution in [3.63, 3.8) is 0 Å². The molecule has 84 heavy (non-hydrogen) atoms. The molecule has 17 atom stereocenters. The molecule has 0 aromatic heterocycles. The summed E-state index contributed by atoms with van der Waals surface area (Å²) >= 11 is 0. The Morgan fingerprint density at radius 2 is 0.738 bits per heavy atom. The van der Waals surface area contributed by atoms with Crippen molar-refractivity contribution in [1.82, 2.24) is 5.32 Å². The summed E-state index contributed by atoms with van der Waals surface area (Å²) in [6, 6.07) is -0.966. The van der Waals surface area contributed by atoms with Crippen molar-refractivity contribution >= 4 is 5.91 Å². The average molecular weight is 1210 g/mol. The van der Waals surface area contributed by atoms with Crippen molar-refractivity contribution in [3.8, 4) is 0 Å². The maximum absolute atomic E-state index is 13.2. The number of amides is 1. The number of aliphatic hydroxyl groups excluding tert-OH is 11. The second-order valence-corrected chi connectivity index (χ2v) is 24.7. The summed E-state index contributed by atoms with van der Waals surface area (Å²) in [5.41, 5.74) is 0. The predicted molar refractivity (Wildman–Crippen MR) is 323 cm³/mol. The summed E-state index contributed by atoms with van der Waals surface area (Å²) in [5.74, 6) is -0.278. The van der Waals surface area contributed by atoms with E-state index in [1.165, 1.54) is 193 Å². The molecule has 0 radical (unpaired) electrons. The SMILES string of the molecule is CCCCCCCCCCCCCCCCCCCCCCCCCCCCCCC/C=C/C(O)C(COC1OC(CO)C(OC2OC(CO)C(OC3OC(CO)C(O)C(O)C3O)C(O)C2O)C(O)C1O)NC(=O)CCCCCCCCCC. The Labute approximate surface area is 506 Å². The van der Waals surface area contributed by atoms with Crippen LogP contribution in [0.25, 0.3) is 0 Å². The Bertz CT molecular complexity index is 1580. The highest BCUT2D eigenvalue weighted by molar-refractivity contribution is 5.76. The Hall–Kier alpha value is -1.47. The van der Waals surface area contributed by atoms with Gasteiger partial charge in [-0.2, -0.15) is 0 Å². The molecular formula is C65H123NO18. The van der Waals surface area contributed by atoms with Gasteiger partial charge < -0.3 is 89.9 Å². The lowest BCUT2D eigenvalue weighted by Crippen LogP contribution is -2.66. The van der Waals surface area contributed by atoms with Crippen LogP contribution in [-0.4, -0.2) is 193 Å². The minimum absolute atomic E-state index is 0.246. The molecule has 3 aliphatic rings. The number of carbonyl (C=O) groups is 1. The van der Waals surface area contributed by atoms with Gasteiger partial charge in [-0.25, -0.2) is 0 Å². The van der Waals surface area contributed by atoms with Gasteiger partial charge >= 0.3 is 0 Å². The average Bonchev–Trinajstić information content (AvgIpc) is 2.89. The minimum Gasteiger partial charge on any atom is -0.394 e. The molecule has 0 aromatic carbocycles. The molecule has 3 rings (SSSR count). The lowest BCUT2D eigenvalue weighted by Gasteiger charge is -2.48. The van der Waals surface area contributed by atoms with E-state index >= 15 is 0 Å². The van der Waals surface area contributed by atoms with Crippen LogP contribution in [0, 0.1) is 0 Å². The monoisotopic (exact) mass is 1210 g/mol. The number of rotatable bonds is 52. The highest BCUT2D eigenvalue weighted by Crippen LogP contribution is 2.33. The minimum atomic E-state index is -1.97. The van der Waals surface area contributed by atoms with E-state index in [4.69, 9.17) is 28.4 Å². The van der Waals surface area contributed by atoms with E-state index in [1.807, 2.05) is 6.08 Å². The van der Waals surface area contributed by atoms with E-state index in [2.05, 4.69) is 19.2 Å². The van der Waals surface area contributed by atoms with Gasteiger partial charge in [0, 0.05) is 6.42 Å². The van der Waals surface area contributed by atoms with Gasteiger partial charge in [0.1, 0.15) is 73.2 Å². The molecule has 0 bridgehead atoms. The van der Waals surface area contributed by atoms with Crippen molar-refractivity contribution in [2.75, 3.05) is 26.4 Å². The third kappa shape index (κ3) is 30.8. The zero-order valence-electron chi connectivity index (χ0n) is 52.2. The third-order valence-electron chi connectivity index (χ3n) is 17.3. The number of allylic oxidation sites excluding steroid dienone is 1. The molecular weight excluding hydrogens is 1080 g/mol. The van der Waals surface area contributed by atoms with Crippen LogP contribution >= 0.6 is 0 Å². The summed E-state index contributed by atoms with van der Waals surface area (Å²) in [6.07, 6.45) is 25.4. The smallest absolute Gasteiger partial charge is 0.220 e. The number of aliphatic hydroxyl groups is 11. The summed E-state index contributed by atoms with van der Waals surface area (Å²) in [6.45, 7) is 1.70. The number of unbranched alkanes of at least 4 members (excludes halogenated alkanes) is 36. The van der Waals surface area contributed by atoms with Crippen molar-refractivity contribution in [1.29, 1.82) is 0 Å². The molecule has 0 aromatic rings. The fourth-order valence-electron chi connectivity index (χ4n) is 11.8. The number of hydrogen-bond donors (Lipinski definition) is 12. The molecule has 0 saturated carbocycles. The Kier molecular flexibility index (Phi) is 44.2. The first-order valence-electron chi connectivity index (χ1n) is 33.9. The first kappa shape index (κ1) is 76.8. The zero-order chi connectivity index (χ0) is 61.2. The van der Waals surface area contributed by atoms with Crippen LogP contribution < -0.4 is 5.32 Å². The Balaban J connectivity index is 1.35. The molecule has 3 saturated heterocycles. The van der Waals surface area contributed by atoms with E-state index in [0.29, 0.717) is 6.42 Å². The van der Waals surface area contributed by atoms with Crippen LogP contribution in [0.5, 0.6) is 0 Å². The summed E-state index contributed by atoms with van der Waals surface area (Å²) in [7, 11) is 0. The van der Waals surface area contributed by atoms with Gasteiger partial charge in [0.25, 0.3) is 0 Å². The van der Waals surface area contributed by atoms with E-state index in [9.17, 15) is 61.0 Å². The van der Waals surface area contributed by atoms with E-state index < -0.39 is 124 Å². The molecule has 3 aliphatic heterocycles. The normalized spacial score (nSPS) is 29.2. The molecule has 17 unspecified atom stereocenters. The Morgan fingerprint density at radius 1 is 0.417 bits per heavy atom. The highest BCUT2D eigenvalue weighted by Gasteiger charge is 2.53. The van der Waals surface area contributed by atoms with Gasteiger partial charge in [0.15, 0.2) is 18.9 Å². The van der Waals surface area contributed by atoms with E-state index in [0.717, 1.165) is 44.9 Å². The molecule has 0 spiro atoms. The molecule has 0 aliphatic carbocycles. The van der Waals surface area contributed by atoms with Crippen molar-refractivity contribution in [2.24, 2.45) is 0 Å². The predicted octanol–water partition coefficient (Wildman–Crippen LogP) is 8.11. The molecule has 3 heterocycles. The maximum atomic E-state index is 13.2. The molecule has 496 valence electrons. The van der Waals surface area contributed by atoms with Crippen molar-refractivity contribution < 1.29 is 89.4 Å². The van der Waals surface area contributed by atoms with Gasteiger partial charge in [-0.3, -0.25) is 4.79 Å². The lowest BCUT2D eigenvalue weighted by molar-refractivity contribution is -0.379. The van der Waals surface area contributed by atoms with Gasteiger partial charge in [-0.05, 0) is 19.3 Å². The lowest BCUT2D eigenvalue weighted by atomic mass is 9.96. The van der Waals surface area contributed by atoms with Crippen molar-refractivity contribution in [3.05, 3.63) is 12.2 Å². The number of nitrogens with one attached hydrogen (secondary N) is 1. The standard InChI is InChI=1S/C65H123NO18/c1-3-5-7-9-11-13-14-15-16-17-18-19-20-21-22-23-24-25-26-27-28-29-30-31-32-33-34-35-36-38-40-42-49(70)48(66-53(71)43-41-39-37-12-10-8-6-4-2)47-79-63-59(77)56(74)61(51(45-68)81-63)84-65-60(78)57(75)62(52(46-69)82-65)83-64-58(76)55(73)54(72)50(44-67)80-64/h40,42,48-52,54-65,67-70,72-78H,3-39,41,43-47H2,1-2H3,(H,66,71)/b42-40+. The summed E-state index contributed by atoms with van der Waals surface area (Å²) in [5, 5.41) is 120. The summed E-state index contributed by atoms with van der Waals surface area (Å²) < 4.78 is 34.2. The van der Waals surface area contributed by atoms with Crippen LogP contribution in [0.15, 0.2) is 12.2 Å². The van der Waals surface area contributed by atoms with E-state index in [-0.39, 0.29) is 18.9 Å². The van der Waals surface area contributed by atoms with Crippen molar-refractivity contribution in [2.45, 2.75) is 369 Å². The summed E-state index contributed by atoms with van der Waals surface area (Å²) in [4.78, 5) is 13.2. The van der Waals surface area contributed by atoms with Crippen LogP contribution in [0.1, 0.15) is 264 Å². The molecule has 12 N–H and O–H groups in total. The molecule has 19 nitrogen and oxygen atoms in total. The van der Waals surface area contributed by atoms with Crippen LogP contribution in [0.4, 0.5) is 0 Å². The number of hydrogen-bond acceptors (Lipinski definition) is 18. The fraction of sp³-hybridized carbons (Fsp3) is 0.954. The first-order valence-corrected chi connectivity index (χ1v) is 33.9. The number of carbonyl (C=O) groups excluding carboxylic acids is 1. The highest BCUT2D eigenvalue weighted by atomic mass is 16.8. The Morgan fingerprint density at radius 3 is 1.12 bits per heavy atom. The van der Waals surface area contributed by atoms with Crippen LogP contribution in [-0.2, 0) is 33.2 Å². The number of ether oxygens (including phenoxy) is 6. The second kappa shape index (κ2) is 48.4. The third-order valence-corrected chi connectivity index (χ3v) is 17.3. The quantitative estimate of drug-likeness (QED) is 0.0202. The van der Waals surface area contributed by atoms with Crippen LogP contribution in [0.2, 0.25) is 0 Å². The fourth-order valence-corrected chi connectivity index (χ4v) is 11.8. The largest absolute Gasteiger partial charge is 0.394 e. The van der Waals surface area contributed by atoms with E-state index in [1.54, 1.807) is 6.08 Å². The van der Waals surface area contributed by atoms with Crippen LogP contribution in [0.3, 0.4) is 0 Å². The maximum Gasteiger partial charge on any atom is 0.220 e. The van der Waals surface area contributed by atoms with Gasteiger partial charge in [0.05, 0.1) is 38.6 Å². The molecule has 19 heteroatoms. The van der Waals surface area contributed by atoms with Gasteiger partial charge in [0.2, 0.25) is 5.91 Å². The van der Waals surface area contributed by atoms with Gasteiger partial charge in [-0.15, -0.1) is 0 Å². The van der Waals surface area contributed by atoms with Gasteiger partial charge in [-0.1, -0.05) is 251 Å². The second-order valence-electron chi connectivity index (χ2n) is 24.7. The zero-order valence-corrected chi connectivity index (χ0v) is 52.2. The molecule has 1 amide bonds. The first-order chi connectivity index (χ1) is 40.8. The topological polar surface area (TPSA) is 307 Å². The molecule has 3 fully saturated rings.